The first-order valence-corrected chi connectivity index (χ1v) is 12.0. The summed E-state index contributed by atoms with van der Waals surface area (Å²) in [7, 11) is 1.73. The molecule has 5 rings (SSSR count). The molecule has 1 unspecified atom stereocenters. The maximum Gasteiger partial charge on any atom is 0.573 e. The number of halogens is 3. The number of hydrogen-bond acceptors (Lipinski definition) is 7. The number of benzene rings is 1. The molecule has 3 aromatic heterocycles. The SMILES string of the molecule is Cn1cc(C(NC(=O)c2ccc3cnc(NC4CCOCC4)cc3n2)c2ccc(OC(F)(F)F)cc2)cn1. The fraction of sp³-hybridized carbons (Fsp3) is 0.308. The summed E-state index contributed by atoms with van der Waals surface area (Å²) in [5.74, 6) is -0.136. The van der Waals surface area contributed by atoms with Crippen LogP contribution >= 0.6 is 0 Å². The van der Waals surface area contributed by atoms with Crippen LogP contribution < -0.4 is 15.4 Å². The fourth-order valence-corrected chi connectivity index (χ4v) is 4.29. The van der Waals surface area contributed by atoms with Crippen LogP contribution in [0.5, 0.6) is 5.75 Å². The Labute approximate surface area is 216 Å². The van der Waals surface area contributed by atoms with Gasteiger partial charge in [0, 0.05) is 55.7 Å². The molecule has 0 radical (unpaired) electrons. The number of anilines is 1. The molecule has 1 aromatic carbocycles. The summed E-state index contributed by atoms with van der Waals surface area (Å²) in [6, 6.07) is 10.1. The number of nitrogens with zero attached hydrogens (tertiary/aromatic N) is 4. The summed E-state index contributed by atoms with van der Waals surface area (Å²) in [6.45, 7) is 1.40. The Bertz CT molecular complexity index is 1420. The van der Waals surface area contributed by atoms with Crippen molar-refractivity contribution in [3.8, 4) is 5.75 Å². The van der Waals surface area contributed by atoms with Crippen LogP contribution in [0.4, 0.5) is 19.0 Å². The van der Waals surface area contributed by atoms with Gasteiger partial charge in [0.15, 0.2) is 0 Å². The lowest BCUT2D eigenvalue weighted by atomic mass is 10.0. The summed E-state index contributed by atoms with van der Waals surface area (Å²) in [5, 5.41) is 11.3. The van der Waals surface area contributed by atoms with Crippen LogP contribution in [0.25, 0.3) is 10.9 Å². The molecule has 1 amide bonds. The van der Waals surface area contributed by atoms with Crippen molar-refractivity contribution in [3.05, 3.63) is 77.9 Å². The number of hydrogen-bond donors (Lipinski definition) is 2. The standard InChI is InChI=1S/C26H25F3N6O3/c1-35-15-18(14-31-35)24(16-2-5-20(6-3-16)38-26(27,28)29)34-25(36)21-7-4-17-13-30-23(12-22(17)33-21)32-19-8-10-37-11-9-19/h2-7,12-15,19,24H,8-11H2,1H3,(H,30,32)(H,34,36). The van der Waals surface area contributed by atoms with E-state index >= 15 is 0 Å². The van der Waals surface area contributed by atoms with Crippen molar-refractivity contribution in [1.29, 1.82) is 0 Å². The van der Waals surface area contributed by atoms with Gasteiger partial charge in [-0.05, 0) is 42.7 Å². The van der Waals surface area contributed by atoms with Crippen molar-refractivity contribution in [3.63, 3.8) is 0 Å². The number of fused-ring (bicyclic) bond motifs is 1. The van der Waals surface area contributed by atoms with E-state index in [9.17, 15) is 18.0 Å². The van der Waals surface area contributed by atoms with Gasteiger partial charge in [-0.25, -0.2) is 9.97 Å². The third-order valence-corrected chi connectivity index (χ3v) is 6.16. The van der Waals surface area contributed by atoms with E-state index in [1.165, 1.54) is 24.3 Å². The van der Waals surface area contributed by atoms with E-state index < -0.39 is 18.3 Å². The monoisotopic (exact) mass is 526 g/mol. The van der Waals surface area contributed by atoms with Gasteiger partial charge in [-0.1, -0.05) is 12.1 Å². The van der Waals surface area contributed by atoms with Crippen LogP contribution in [-0.4, -0.2) is 51.3 Å². The predicted molar refractivity (Wildman–Crippen MR) is 133 cm³/mol. The van der Waals surface area contributed by atoms with E-state index in [0.29, 0.717) is 35.7 Å². The van der Waals surface area contributed by atoms with Gasteiger partial charge in [-0.15, -0.1) is 13.2 Å². The smallest absolute Gasteiger partial charge is 0.406 e. The van der Waals surface area contributed by atoms with Gasteiger partial charge in [-0.2, -0.15) is 5.10 Å². The minimum Gasteiger partial charge on any atom is -0.406 e. The molecule has 0 aliphatic carbocycles. The van der Waals surface area contributed by atoms with Crippen LogP contribution in [0, 0.1) is 0 Å². The Morgan fingerprint density at radius 3 is 2.55 bits per heavy atom. The molecule has 1 aliphatic heterocycles. The van der Waals surface area contributed by atoms with Crippen molar-refractivity contribution >= 4 is 22.6 Å². The molecule has 1 aliphatic rings. The second-order valence-electron chi connectivity index (χ2n) is 8.96. The number of carbonyl (C=O) groups is 1. The maximum atomic E-state index is 13.3. The number of nitrogens with one attached hydrogen (secondary N) is 2. The lowest BCUT2D eigenvalue weighted by Crippen LogP contribution is -2.30. The third kappa shape index (κ3) is 6.20. The Balaban J connectivity index is 1.38. The lowest BCUT2D eigenvalue weighted by molar-refractivity contribution is -0.274. The summed E-state index contributed by atoms with van der Waals surface area (Å²) >= 11 is 0. The Morgan fingerprint density at radius 2 is 1.87 bits per heavy atom. The molecule has 0 spiro atoms. The second-order valence-corrected chi connectivity index (χ2v) is 8.96. The van der Waals surface area contributed by atoms with Crippen LogP contribution in [0.3, 0.4) is 0 Å². The largest absolute Gasteiger partial charge is 0.573 e. The number of amides is 1. The van der Waals surface area contributed by atoms with Crippen LogP contribution in [0.15, 0.2) is 61.1 Å². The van der Waals surface area contributed by atoms with E-state index in [1.54, 1.807) is 48.5 Å². The molecule has 0 saturated carbocycles. The molecule has 38 heavy (non-hydrogen) atoms. The number of pyridine rings is 2. The van der Waals surface area contributed by atoms with E-state index in [-0.39, 0.29) is 17.5 Å². The van der Waals surface area contributed by atoms with Crippen LogP contribution in [0.2, 0.25) is 0 Å². The molecule has 1 fully saturated rings. The normalized spacial score (nSPS) is 15.3. The van der Waals surface area contributed by atoms with Crippen molar-refractivity contribution in [1.82, 2.24) is 25.1 Å². The first-order valence-electron chi connectivity index (χ1n) is 12.0. The highest BCUT2D eigenvalue weighted by Gasteiger charge is 2.31. The van der Waals surface area contributed by atoms with Gasteiger partial charge in [-0.3, -0.25) is 9.48 Å². The molecule has 1 saturated heterocycles. The number of carbonyl (C=O) groups excluding carboxylic acids is 1. The molecule has 4 aromatic rings. The van der Waals surface area contributed by atoms with Crippen molar-refractivity contribution < 1.29 is 27.4 Å². The fourth-order valence-electron chi connectivity index (χ4n) is 4.29. The number of aromatic nitrogens is 4. The second kappa shape index (κ2) is 10.7. The zero-order valence-electron chi connectivity index (χ0n) is 20.4. The number of alkyl halides is 3. The molecule has 0 bridgehead atoms. The van der Waals surface area contributed by atoms with Crippen molar-refractivity contribution in [2.45, 2.75) is 31.3 Å². The molecule has 4 heterocycles. The molecular formula is C26H25F3N6O3. The quantitative estimate of drug-likeness (QED) is 0.369. The Kier molecular flexibility index (Phi) is 7.14. The highest BCUT2D eigenvalue weighted by molar-refractivity contribution is 5.95. The number of ether oxygens (including phenoxy) is 2. The number of rotatable bonds is 7. The Morgan fingerprint density at radius 1 is 1.11 bits per heavy atom. The summed E-state index contributed by atoms with van der Waals surface area (Å²) in [5.41, 5.74) is 1.99. The van der Waals surface area contributed by atoms with Crippen LogP contribution in [0.1, 0.15) is 40.5 Å². The zero-order chi connectivity index (χ0) is 26.7. The van der Waals surface area contributed by atoms with Crippen molar-refractivity contribution in [2.24, 2.45) is 7.05 Å². The molecule has 12 heteroatoms. The van der Waals surface area contributed by atoms with Crippen molar-refractivity contribution in [2.75, 3.05) is 18.5 Å². The van der Waals surface area contributed by atoms with Gasteiger partial charge in [0.05, 0.1) is 17.8 Å². The minimum atomic E-state index is -4.80. The van der Waals surface area contributed by atoms with Gasteiger partial charge < -0.3 is 20.1 Å². The van der Waals surface area contributed by atoms with Gasteiger partial charge in [0.1, 0.15) is 17.3 Å². The average molecular weight is 527 g/mol. The number of aryl methyl sites for hydroxylation is 1. The lowest BCUT2D eigenvalue weighted by Gasteiger charge is -2.23. The third-order valence-electron chi connectivity index (χ3n) is 6.16. The van der Waals surface area contributed by atoms with E-state index in [4.69, 9.17) is 4.74 Å². The molecule has 2 N–H and O–H groups in total. The molecule has 198 valence electrons. The molecule has 1 atom stereocenters. The highest BCUT2D eigenvalue weighted by atomic mass is 19.4. The first kappa shape index (κ1) is 25.5. The summed E-state index contributed by atoms with van der Waals surface area (Å²) in [6.07, 6.45) is 1.98. The highest BCUT2D eigenvalue weighted by Crippen LogP contribution is 2.27. The van der Waals surface area contributed by atoms with Gasteiger partial charge in [0.25, 0.3) is 5.91 Å². The zero-order valence-corrected chi connectivity index (χ0v) is 20.4. The topological polar surface area (TPSA) is 103 Å². The van der Waals surface area contributed by atoms with E-state index in [2.05, 4.69) is 30.4 Å². The summed E-state index contributed by atoms with van der Waals surface area (Å²) in [4.78, 5) is 22.3. The van der Waals surface area contributed by atoms with E-state index in [0.717, 1.165) is 18.2 Å². The minimum absolute atomic E-state index is 0.187. The summed E-state index contributed by atoms with van der Waals surface area (Å²) < 4.78 is 48.6. The predicted octanol–water partition coefficient (Wildman–Crippen LogP) is 4.37. The maximum absolute atomic E-state index is 13.3. The van der Waals surface area contributed by atoms with E-state index in [1.807, 2.05) is 0 Å². The Hall–Kier alpha value is -4.19. The molecular weight excluding hydrogens is 501 g/mol. The van der Waals surface area contributed by atoms with Crippen LogP contribution in [-0.2, 0) is 11.8 Å². The first-order chi connectivity index (χ1) is 18.2. The van der Waals surface area contributed by atoms with Gasteiger partial charge in [0.2, 0.25) is 0 Å². The van der Waals surface area contributed by atoms with Gasteiger partial charge >= 0.3 is 6.36 Å². The average Bonchev–Trinajstić information content (AvgIpc) is 3.33. The molecule has 9 nitrogen and oxygen atoms in total.